The Morgan fingerprint density at radius 1 is 1.46 bits per heavy atom. The van der Waals surface area contributed by atoms with Crippen molar-refractivity contribution in [2.45, 2.75) is 38.6 Å². The van der Waals surface area contributed by atoms with Gasteiger partial charge in [0.15, 0.2) is 0 Å². The predicted molar refractivity (Wildman–Crippen MR) is 52.5 cm³/mol. The number of aromatic nitrogens is 2. The second kappa shape index (κ2) is 2.58. The van der Waals surface area contributed by atoms with E-state index >= 15 is 0 Å². The molecule has 1 aromatic rings. The number of rotatable bonds is 2. The van der Waals surface area contributed by atoms with Crippen molar-refractivity contribution >= 4 is 0 Å². The molecule has 1 aliphatic rings. The van der Waals surface area contributed by atoms with Crippen molar-refractivity contribution in [1.82, 2.24) is 9.78 Å². The minimum atomic E-state index is 0.0958. The van der Waals surface area contributed by atoms with Crippen LogP contribution in [0, 0.1) is 13.8 Å². The Bertz CT molecular complexity index is 334. The topological polar surface area (TPSA) is 43.8 Å². The molecule has 0 unspecified atom stereocenters. The lowest BCUT2D eigenvalue weighted by Crippen LogP contribution is -2.25. The molecule has 1 aromatic heterocycles. The van der Waals surface area contributed by atoms with Crippen molar-refractivity contribution in [3.8, 4) is 0 Å². The summed E-state index contributed by atoms with van der Waals surface area (Å²) in [6, 6.07) is 0. The van der Waals surface area contributed by atoms with Crippen LogP contribution in [0.25, 0.3) is 0 Å². The van der Waals surface area contributed by atoms with Gasteiger partial charge >= 0.3 is 0 Å². The highest BCUT2D eigenvalue weighted by Gasteiger charge is 2.39. The van der Waals surface area contributed by atoms with Crippen LogP contribution in [0.2, 0.25) is 0 Å². The molecule has 1 fully saturated rings. The standard InChI is InChI=1S/C10H17N3/c1-7-9(6-10(11)4-5-10)8(2)13(3)12-7/h4-6,11H2,1-3H3. The summed E-state index contributed by atoms with van der Waals surface area (Å²) in [4.78, 5) is 0. The van der Waals surface area contributed by atoms with Gasteiger partial charge in [-0.15, -0.1) is 0 Å². The first-order valence-electron chi connectivity index (χ1n) is 4.80. The maximum atomic E-state index is 6.09. The average Bonchev–Trinajstić information content (AvgIpc) is 2.73. The minimum Gasteiger partial charge on any atom is -0.325 e. The van der Waals surface area contributed by atoms with E-state index in [-0.39, 0.29) is 5.54 Å². The van der Waals surface area contributed by atoms with E-state index in [0.29, 0.717) is 0 Å². The molecule has 3 nitrogen and oxygen atoms in total. The van der Waals surface area contributed by atoms with E-state index in [4.69, 9.17) is 5.73 Å². The average molecular weight is 179 g/mol. The Labute approximate surface area is 78.9 Å². The van der Waals surface area contributed by atoms with Gasteiger partial charge in [0.05, 0.1) is 5.69 Å². The quantitative estimate of drug-likeness (QED) is 0.738. The van der Waals surface area contributed by atoms with Gasteiger partial charge in [-0.1, -0.05) is 0 Å². The van der Waals surface area contributed by atoms with Gasteiger partial charge in [0.2, 0.25) is 0 Å². The molecule has 3 heteroatoms. The van der Waals surface area contributed by atoms with Crippen LogP contribution in [0.5, 0.6) is 0 Å². The van der Waals surface area contributed by atoms with Crippen LogP contribution in [0.1, 0.15) is 29.8 Å². The van der Waals surface area contributed by atoms with Gasteiger partial charge in [-0.2, -0.15) is 5.10 Å². The summed E-state index contributed by atoms with van der Waals surface area (Å²) in [7, 11) is 1.99. The maximum absolute atomic E-state index is 6.09. The Morgan fingerprint density at radius 3 is 2.46 bits per heavy atom. The van der Waals surface area contributed by atoms with Gasteiger partial charge in [-0.3, -0.25) is 4.68 Å². The van der Waals surface area contributed by atoms with Crippen molar-refractivity contribution in [2.24, 2.45) is 12.8 Å². The molecule has 0 spiro atoms. The molecule has 2 N–H and O–H groups in total. The summed E-state index contributed by atoms with van der Waals surface area (Å²) in [5.74, 6) is 0. The third kappa shape index (κ3) is 1.48. The molecule has 0 radical (unpaired) electrons. The monoisotopic (exact) mass is 179 g/mol. The molecule has 13 heavy (non-hydrogen) atoms. The van der Waals surface area contributed by atoms with Crippen molar-refractivity contribution in [2.75, 3.05) is 0 Å². The van der Waals surface area contributed by atoms with E-state index < -0.39 is 0 Å². The van der Waals surface area contributed by atoms with E-state index in [0.717, 1.165) is 12.1 Å². The summed E-state index contributed by atoms with van der Waals surface area (Å²) in [5.41, 5.74) is 9.93. The number of hydrogen-bond donors (Lipinski definition) is 1. The van der Waals surface area contributed by atoms with E-state index in [2.05, 4.69) is 18.9 Å². The fourth-order valence-corrected chi connectivity index (χ4v) is 1.76. The van der Waals surface area contributed by atoms with Crippen LogP contribution in [0.4, 0.5) is 0 Å². The number of nitrogens with two attached hydrogens (primary N) is 1. The van der Waals surface area contributed by atoms with Crippen LogP contribution in [-0.4, -0.2) is 15.3 Å². The molecule has 0 amide bonds. The van der Waals surface area contributed by atoms with Crippen molar-refractivity contribution < 1.29 is 0 Å². The van der Waals surface area contributed by atoms with Gasteiger partial charge in [-0.25, -0.2) is 0 Å². The highest BCUT2D eigenvalue weighted by molar-refractivity contribution is 5.28. The van der Waals surface area contributed by atoms with Gasteiger partial charge in [0.1, 0.15) is 0 Å². The molecular formula is C10H17N3. The molecule has 1 aliphatic carbocycles. The zero-order chi connectivity index (χ0) is 9.64. The van der Waals surface area contributed by atoms with Gasteiger partial charge in [0, 0.05) is 18.3 Å². The largest absolute Gasteiger partial charge is 0.325 e. The highest BCUT2D eigenvalue weighted by atomic mass is 15.3. The third-order valence-corrected chi connectivity index (χ3v) is 3.08. The summed E-state index contributed by atoms with van der Waals surface area (Å²) in [6.07, 6.45) is 3.33. The zero-order valence-electron chi connectivity index (χ0n) is 8.59. The van der Waals surface area contributed by atoms with E-state index in [1.165, 1.54) is 24.1 Å². The maximum Gasteiger partial charge on any atom is 0.0629 e. The fourth-order valence-electron chi connectivity index (χ4n) is 1.76. The molecular weight excluding hydrogens is 162 g/mol. The Balaban J connectivity index is 2.28. The van der Waals surface area contributed by atoms with Gasteiger partial charge in [-0.05, 0) is 38.7 Å². The zero-order valence-corrected chi connectivity index (χ0v) is 8.59. The molecule has 0 aromatic carbocycles. The van der Waals surface area contributed by atoms with E-state index in [1.807, 2.05) is 11.7 Å². The lowest BCUT2D eigenvalue weighted by atomic mass is 10.0. The summed E-state index contributed by atoms with van der Waals surface area (Å²) < 4.78 is 1.94. The molecule has 0 aliphatic heterocycles. The first kappa shape index (κ1) is 8.75. The lowest BCUT2D eigenvalue weighted by Gasteiger charge is -2.08. The molecule has 0 saturated heterocycles. The lowest BCUT2D eigenvalue weighted by molar-refractivity contribution is 0.664. The van der Waals surface area contributed by atoms with Gasteiger partial charge < -0.3 is 5.73 Å². The van der Waals surface area contributed by atoms with E-state index in [9.17, 15) is 0 Å². The molecule has 0 bridgehead atoms. The van der Waals surface area contributed by atoms with Crippen LogP contribution >= 0.6 is 0 Å². The van der Waals surface area contributed by atoms with Crippen molar-refractivity contribution in [3.63, 3.8) is 0 Å². The van der Waals surface area contributed by atoms with Gasteiger partial charge in [0.25, 0.3) is 0 Å². The normalized spacial score (nSPS) is 19.1. The second-order valence-corrected chi connectivity index (χ2v) is 4.31. The van der Waals surface area contributed by atoms with Crippen LogP contribution < -0.4 is 5.73 Å². The Kier molecular flexibility index (Phi) is 1.74. The van der Waals surface area contributed by atoms with Crippen LogP contribution in [0.3, 0.4) is 0 Å². The van der Waals surface area contributed by atoms with Crippen LogP contribution in [-0.2, 0) is 13.5 Å². The smallest absolute Gasteiger partial charge is 0.0629 e. The van der Waals surface area contributed by atoms with Crippen molar-refractivity contribution in [1.29, 1.82) is 0 Å². The summed E-state index contributed by atoms with van der Waals surface area (Å²) in [6.45, 7) is 4.18. The predicted octanol–water partition coefficient (Wildman–Crippen LogP) is 1.07. The molecule has 1 saturated carbocycles. The number of nitrogens with zero attached hydrogens (tertiary/aromatic N) is 2. The van der Waals surface area contributed by atoms with E-state index in [1.54, 1.807) is 0 Å². The third-order valence-electron chi connectivity index (χ3n) is 3.08. The first-order chi connectivity index (χ1) is 6.02. The number of hydrogen-bond acceptors (Lipinski definition) is 2. The van der Waals surface area contributed by atoms with Crippen molar-refractivity contribution in [3.05, 3.63) is 17.0 Å². The molecule has 1 heterocycles. The molecule has 0 atom stereocenters. The second-order valence-electron chi connectivity index (χ2n) is 4.31. The number of aryl methyl sites for hydroxylation is 2. The summed E-state index contributed by atoms with van der Waals surface area (Å²) >= 11 is 0. The Hall–Kier alpha value is -0.830. The first-order valence-corrected chi connectivity index (χ1v) is 4.80. The minimum absolute atomic E-state index is 0.0958. The summed E-state index contributed by atoms with van der Waals surface area (Å²) in [5, 5.41) is 4.38. The highest BCUT2D eigenvalue weighted by Crippen LogP contribution is 2.36. The molecule has 2 rings (SSSR count). The Morgan fingerprint density at radius 2 is 2.08 bits per heavy atom. The fraction of sp³-hybridized carbons (Fsp3) is 0.700. The molecule has 72 valence electrons. The van der Waals surface area contributed by atoms with Crippen LogP contribution in [0.15, 0.2) is 0 Å². The SMILES string of the molecule is Cc1nn(C)c(C)c1CC1(N)CC1.